The van der Waals surface area contributed by atoms with Crippen LogP contribution in [0.5, 0.6) is 0 Å². The fourth-order valence-corrected chi connectivity index (χ4v) is 2.71. The smallest absolute Gasteiger partial charge is 0.129 e. The van der Waals surface area contributed by atoms with Crippen molar-refractivity contribution in [3.05, 3.63) is 0 Å². The van der Waals surface area contributed by atoms with Crippen LogP contribution in [0.25, 0.3) is 0 Å². The van der Waals surface area contributed by atoms with Crippen LogP contribution >= 0.6 is 0 Å². The lowest BCUT2D eigenvalue weighted by molar-refractivity contribution is -0.117. The first kappa shape index (κ1) is 13.0. The summed E-state index contributed by atoms with van der Waals surface area (Å²) in [6, 6.07) is 0. The standard InChI is InChI=1S/C13H23NO3/c1-2-14(8-12-4-3-6-17-12)9-13(10-15)5-7-16-11-13/h10,12H,2-9,11H2,1H3. The van der Waals surface area contributed by atoms with Gasteiger partial charge in [-0.1, -0.05) is 6.92 Å². The molecule has 2 atom stereocenters. The van der Waals surface area contributed by atoms with Gasteiger partial charge in [-0.3, -0.25) is 4.90 Å². The summed E-state index contributed by atoms with van der Waals surface area (Å²) in [7, 11) is 0. The first-order valence-electron chi connectivity index (χ1n) is 6.66. The minimum atomic E-state index is -0.269. The van der Waals surface area contributed by atoms with Gasteiger partial charge in [0, 0.05) is 26.3 Å². The Morgan fingerprint density at radius 2 is 2.35 bits per heavy atom. The molecule has 17 heavy (non-hydrogen) atoms. The highest BCUT2D eigenvalue weighted by atomic mass is 16.5. The molecule has 0 aromatic carbocycles. The average Bonchev–Trinajstić information content (AvgIpc) is 3.00. The van der Waals surface area contributed by atoms with Gasteiger partial charge in [0.05, 0.1) is 18.1 Å². The second kappa shape index (κ2) is 5.94. The monoisotopic (exact) mass is 241 g/mol. The number of carbonyl (C=O) groups is 1. The van der Waals surface area contributed by atoms with Crippen LogP contribution in [0, 0.1) is 5.41 Å². The lowest BCUT2D eigenvalue weighted by Crippen LogP contribution is -2.42. The molecule has 0 aromatic rings. The first-order valence-corrected chi connectivity index (χ1v) is 6.66. The molecule has 4 heteroatoms. The summed E-state index contributed by atoms with van der Waals surface area (Å²) >= 11 is 0. The summed E-state index contributed by atoms with van der Waals surface area (Å²) in [6.07, 6.45) is 4.64. The van der Waals surface area contributed by atoms with Crippen molar-refractivity contribution in [3.63, 3.8) is 0 Å². The van der Waals surface area contributed by atoms with Crippen molar-refractivity contribution < 1.29 is 14.3 Å². The molecule has 2 unspecified atom stereocenters. The van der Waals surface area contributed by atoms with E-state index < -0.39 is 0 Å². The molecule has 2 rings (SSSR count). The van der Waals surface area contributed by atoms with E-state index in [0.717, 1.165) is 52.0 Å². The lowest BCUT2D eigenvalue weighted by atomic mass is 9.88. The van der Waals surface area contributed by atoms with Gasteiger partial charge < -0.3 is 14.3 Å². The third-order valence-electron chi connectivity index (χ3n) is 3.86. The maximum absolute atomic E-state index is 11.3. The molecule has 2 saturated heterocycles. The highest BCUT2D eigenvalue weighted by molar-refractivity contribution is 5.60. The van der Waals surface area contributed by atoms with Gasteiger partial charge in [0.1, 0.15) is 6.29 Å². The molecule has 0 spiro atoms. The van der Waals surface area contributed by atoms with Crippen LogP contribution in [0.15, 0.2) is 0 Å². The fraction of sp³-hybridized carbons (Fsp3) is 0.923. The Hall–Kier alpha value is -0.450. The van der Waals surface area contributed by atoms with E-state index >= 15 is 0 Å². The zero-order valence-corrected chi connectivity index (χ0v) is 10.7. The number of carbonyl (C=O) groups excluding carboxylic acids is 1. The van der Waals surface area contributed by atoms with Gasteiger partial charge in [-0.05, 0) is 25.8 Å². The second-order valence-electron chi connectivity index (χ2n) is 5.25. The van der Waals surface area contributed by atoms with E-state index in [1.165, 1.54) is 6.42 Å². The van der Waals surface area contributed by atoms with Crippen molar-refractivity contribution in [2.24, 2.45) is 5.41 Å². The summed E-state index contributed by atoms with van der Waals surface area (Å²) in [5.41, 5.74) is -0.269. The van der Waals surface area contributed by atoms with E-state index in [0.29, 0.717) is 12.7 Å². The lowest BCUT2D eigenvalue weighted by Gasteiger charge is -2.30. The molecule has 2 aliphatic rings. The van der Waals surface area contributed by atoms with Gasteiger partial charge in [-0.25, -0.2) is 0 Å². The number of hydrogen-bond acceptors (Lipinski definition) is 4. The minimum absolute atomic E-state index is 0.269. The highest BCUT2D eigenvalue weighted by Crippen LogP contribution is 2.27. The van der Waals surface area contributed by atoms with Gasteiger partial charge >= 0.3 is 0 Å². The van der Waals surface area contributed by atoms with Gasteiger partial charge in [0.15, 0.2) is 0 Å². The molecule has 0 bridgehead atoms. The number of rotatable bonds is 6. The zero-order chi connectivity index (χ0) is 12.1. The Kier molecular flexibility index (Phi) is 4.54. The molecule has 2 aliphatic heterocycles. The molecule has 0 saturated carbocycles. The molecule has 0 aromatic heterocycles. The molecule has 0 radical (unpaired) electrons. The third-order valence-corrected chi connectivity index (χ3v) is 3.86. The maximum atomic E-state index is 11.3. The summed E-state index contributed by atoms with van der Waals surface area (Å²) < 4.78 is 11.0. The topological polar surface area (TPSA) is 38.8 Å². The zero-order valence-electron chi connectivity index (χ0n) is 10.7. The molecule has 4 nitrogen and oxygen atoms in total. The maximum Gasteiger partial charge on any atom is 0.129 e. The highest BCUT2D eigenvalue weighted by Gasteiger charge is 2.36. The Labute approximate surface area is 103 Å². The summed E-state index contributed by atoms with van der Waals surface area (Å²) in [5, 5.41) is 0. The molecular formula is C13H23NO3. The molecule has 0 aliphatic carbocycles. The molecule has 98 valence electrons. The van der Waals surface area contributed by atoms with Crippen LogP contribution in [0.1, 0.15) is 26.2 Å². The molecular weight excluding hydrogens is 218 g/mol. The Morgan fingerprint density at radius 3 is 2.88 bits per heavy atom. The van der Waals surface area contributed by atoms with E-state index in [9.17, 15) is 4.79 Å². The van der Waals surface area contributed by atoms with Crippen molar-refractivity contribution in [2.45, 2.75) is 32.3 Å². The number of ether oxygens (including phenoxy) is 2. The van der Waals surface area contributed by atoms with E-state index in [4.69, 9.17) is 9.47 Å². The SMILES string of the molecule is CCN(CC1CCCO1)CC1(C=O)CCOC1. The molecule has 2 fully saturated rings. The summed E-state index contributed by atoms with van der Waals surface area (Å²) in [6.45, 7) is 7.07. The van der Waals surface area contributed by atoms with E-state index in [1.807, 2.05) is 0 Å². The van der Waals surface area contributed by atoms with Gasteiger partial charge in [-0.2, -0.15) is 0 Å². The third kappa shape index (κ3) is 3.27. The largest absolute Gasteiger partial charge is 0.380 e. The van der Waals surface area contributed by atoms with Crippen molar-refractivity contribution >= 4 is 6.29 Å². The van der Waals surface area contributed by atoms with Crippen LogP contribution in [0.3, 0.4) is 0 Å². The normalized spacial score (nSPS) is 33.4. The Bertz CT molecular complexity index is 245. The molecule has 2 heterocycles. The predicted molar refractivity (Wildman–Crippen MR) is 65.0 cm³/mol. The van der Waals surface area contributed by atoms with Crippen LogP contribution in [0.4, 0.5) is 0 Å². The minimum Gasteiger partial charge on any atom is -0.380 e. The van der Waals surface area contributed by atoms with Gasteiger partial charge in [0.25, 0.3) is 0 Å². The van der Waals surface area contributed by atoms with Crippen molar-refractivity contribution in [3.8, 4) is 0 Å². The summed E-state index contributed by atoms with van der Waals surface area (Å²) in [5.74, 6) is 0. The fourth-order valence-electron chi connectivity index (χ4n) is 2.71. The quantitative estimate of drug-likeness (QED) is 0.653. The second-order valence-corrected chi connectivity index (χ2v) is 5.25. The first-order chi connectivity index (χ1) is 8.28. The van der Waals surface area contributed by atoms with E-state index in [-0.39, 0.29) is 5.41 Å². The number of hydrogen-bond donors (Lipinski definition) is 0. The van der Waals surface area contributed by atoms with Crippen LogP contribution in [0.2, 0.25) is 0 Å². The Balaban J connectivity index is 1.86. The van der Waals surface area contributed by atoms with E-state index in [1.54, 1.807) is 0 Å². The van der Waals surface area contributed by atoms with E-state index in [2.05, 4.69) is 11.8 Å². The summed E-state index contributed by atoms with van der Waals surface area (Å²) in [4.78, 5) is 13.6. The predicted octanol–water partition coefficient (Wildman–Crippen LogP) is 1.09. The average molecular weight is 241 g/mol. The number of likely N-dealkylation sites (N-methyl/N-ethyl adjacent to an activating group) is 1. The number of nitrogens with zero attached hydrogens (tertiary/aromatic N) is 1. The van der Waals surface area contributed by atoms with Crippen molar-refractivity contribution in [1.29, 1.82) is 0 Å². The molecule has 0 amide bonds. The van der Waals surface area contributed by atoms with Crippen LogP contribution < -0.4 is 0 Å². The Morgan fingerprint density at radius 1 is 1.47 bits per heavy atom. The van der Waals surface area contributed by atoms with Crippen LogP contribution in [-0.2, 0) is 14.3 Å². The number of aldehydes is 1. The van der Waals surface area contributed by atoms with Crippen molar-refractivity contribution in [1.82, 2.24) is 4.90 Å². The van der Waals surface area contributed by atoms with Gasteiger partial charge in [-0.15, -0.1) is 0 Å². The van der Waals surface area contributed by atoms with Gasteiger partial charge in [0.2, 0.25) is 0 Å². The van der Waals surface area contributed by atoms with Crippen molar-refractivity contribution in [2.75, 3.05) is 39.5 Å². The molecule has 0 N–H and O–H groups in total. The van der Waals surface area contributed by atoms with Crippen LogP contribution in [-0.4, -0.2) is 56.7 Å².